The van der Waals surface area contributed by atoms with Crippen molar-refractivity contribution in [2.24, 2.45) is 0 Å². The summed E-state index contributed by atoms with van der Waals surface area (Å²) in [6, 6.07) is 20.9. The van der Waals surface area contributed by atoms with Gasteiger partial charge in [0, 0.05) is 29.8 Å². The number of fused-ring (bicyclic) bond motifs is 1. The standard InChI is InChI=1S/C26H21N5O2S/c1-16-14-18(30-24(32)23-15-17-6-3-4-8-22(17)34-23)9-10-21(16)33-25-19(7-5-12-28-25)20-11-13-29-26(27-2)31-20/h3-15H,1-2H3,(H,30,32)(H,27,29,31). The van der Waals surface area contributed by atoms with Crippen LogP contribution in [0.5, 0.6) is 11.6 Å². The van der Waals surface area contributed by atoms with Crippen LogP contribution >= 0.6 is 11.3 Å². The summed E-state index contributed by atoms with van der Waals surface area (Å²) in [6.45, 7) is 1.93. The van der Waals surface area contributed by atoms with Gasteiger partial charge in [0.15, 0.2) is 0 Å². The number of nitrogens with zero attached hydrogens (tertiary/aromatic N) is 3. The molecule has 0 fully saturated rings. The fraction of sp³-hybridized carbons (Fsp3) is 0.0769. The summed E-state index contributed by atoms with van der Waals surface area (Å²) >= 11 is 1.48. The van der Waals surface area contributed by atoms with E-state index in [0.717, 1.165) is 21.2 Å². The quantitative estimate of drug-likeness (QED) is 0.311. The van der Waals surface area contributed by atoms with E-state index in [1.165, 1.54) is 11.3 Å². The predicted molar refractivity (Wildman–Crippen MR) is 136 cm³/mol. The zero-order valence-corrected chi connectivity index (χ0v) is 19.4. The fourth-order valence-electron chi connectivity index (χ4n) is 3.53. The normalized spacial score (nSPS) is 10.8. The largest absolute Gasteiger partial charge is 0.438 e. The van der Waals surface area contributed by atoms with Gasteiger partial charge >= 0.3 is 0 Å². The number of hydrogen-bond acceptors (Lipinski definition) is 7. The summed E-state index contributed by atoms with van der Waals surface area (Å²) in [7, 11) is 1.77. The highest BCUT2D eigenvalue weighted by atomic mass is 32.1. The van der Waals surface area contributed by atoms with Crippen LogP contribution in [0.3, 0.4) is 0 Å². The van der Waals surface area contributed by atoms with Crippen LogP contribution in [0.15, 0.2) is 79.1 Å². The van der Waals surface area contributed by atoms with Crippen molar-refractivity contribution in [3.63, 3.8) is 0 Å². The van der Waals surface area contributed by atoms with E-state index < -0.39 is 0 Å². The molecule has 34 heavy (non-hydrogen) atoms. The lowest BCUT2D eigenvalue weighted by Crippen LogP contribution is -2.10. The number of hydrogen-bond donors (Lipinski definition) is 2. The maximum Gasteiger partial charge on any atom is 0.265 e. The van der Waals surface area contributed by atoms with Crippen molar-refractivity contribution >= 4 is 39.0 Å². The van der Waals surface area contributed by atoms with Crippen molar-refractivity contribution in [1.29, 1.82) is 0 Å². The molecule has 5 aromatic rings. The van der Waals surface area contributed by atoms with Crippen molar-refractivity contribution in [2.75, 3.05) is 17.7 Å². The summed E-state index contributed by atoms with van der Waals surface area (Å²) in [4.78, 5) is 26.5. The third-order valence-corrected chi connectivity index (χ3v) is 6.33. The van der Waals surface area contributed by atoms with Crippen LogP contribution in [-0.4, -0.2) is 27.9 Å². The number of thiophene rings is 1. The molecule has 5 rings (SSSR count). The van der Waals surface area contributed by atoms with E-state index in [2.05, 4.69) is 25.6 Å². The lowest BCUT2D eigenvalue weighted by atomic mass is 10.1. The molecule has 0 aliphatic rings. The van der Waals surface area contributed by atoms with E-state index >= 15 is 0 Å². The van der Waals surface area contributed by atoms with Crippen LogP contribution in [0.25, 0.3) is 21.3 Å². The van der Waals surface area contributed by atoms with E-state index in [0.29, 0.717) is 33.8 Å². The zero-order chi connectivity index (χ0) is 23.5. The molecule has 3 aromatic heterocycles. The molecule has 0 unspecified atom stereocenters. The lowest BCUT2D eigenvalue weighted by Gasteiger charge is -2.13. The monoisotopic (exact) mass is 467 g/mol. The van der Waals surface area contributed by atoms with Crippen LogP contribution in [-0.2, 0) is 0 Å². The van der Waals surface area contributed by atoms with E-state index in [4.69, 9.17) is 4.74 Å². The van der Waals surface area contributed by atoms with Crippen molar-refractivity contribution in [1.82, 2.24) is 15.0 Å². The first kappa shape index (κ1) is 21.5. The van der Waals surface area contributed by atoms with Crippen LogP contribution in [0.4, 0.5) is 11.6 Å². The molecule has 7 nitrogen and oxygen atoms in total. The smallest absolute Gasteiger partial charge is 0.265 e. The fourth-order valence-corrected chi connectivity index (χ4v) is 4.49. The first-order valence-corrected chi connectivity index (χ1v) is 11.5. The molecule has 0 atom stereocenters. The first-order valence-electron chi connectivity index (χ1n) is 10.7. The van der Waals surface area contributed by atoms with E-state index in [1.54, 1.807) is 19.4 Å². The Hall–Kier alpha value is -4.30. The number of anilines is 2. The van der Waals surface area contributed by atoms with Gasteiger partial charge < -0.3 is 15.4 Å². The highest BCUT2D eigenvalue weighted by molar-refractivity contribution is 7.20. The van der Waals surface area contributed by atoms with Gasteiger partial charge in [-0.2, -0.15) is 0 Å². The van der Waals surface area contributed by atoms with Crippen LogP contribution in [0.1, 0.15) is 15.2 Å². The molecular weight excluding hydrogens is 446 g/mol. The molecule has 2 N–H and O–H groups in total. The summed E-state index contributed by atoms with van der Waals surface area (Å²) < 4.78 is 7.24. The molecule has 0 saturated carbocycles. The maximum atomic E-state index is 12.8. The van der Waals surface area contributed by atoms with E-state index in [-0.39, 0.29) is 5.91 Å². The number of nitrogens with one attached hydrogen (secondary N) is 2. The van der Waals surface area contributed by atoms with Crippen LogP contribution in [0.2, 0.25) is 0 Å². The number of ether oxygens (including phenoxy) is 1. The third kappa shape index (κ3) is 4.44. The van der Waals surface area contributed by atoms with Gasteiger partial charge in [0.25, 0.3) is 5.91 Å². The second-order valence-corrected chi connectivity index (χ2v) is 8.64. The molecule has 3 heterocycles. The maximum absolute atomic E-state index is 12.8. The number of aromatic nitrogens is 3. The van der Waals surface area contributed by atoms with Gasteiger partial charge in [-0.1, -0.05) is 18.2 Å². The predicted octanol–water partition coefficient (Wildman–Crippen LogP) is 6.15. The topological polar surface area (TPSA) is 89.0 Å². The number of amides is 1. The number of carbonyl (C=O) groups is 1. The number of aryl methyl sites for hydroxylation is 1. The zero-order valence-electron chi connectivity index (χ0n) is 18.6. The van der Waals surface area contributed by atoms with Crippen molar-refractivity contribution in [3.8, 4) is 22.9 Å². The molecule has 0 radical (unpaired) electrons. The van der Waals surface area contributed by atoms with Gasteiger partial charge in [-0.25, -0.2) is 15.0 Å². The molecule has 0 bridgehead atoms. The van der Waals surface area contributed by atoms with Crippen molar-refractivity contribution < 1.29 is 9.53 Å². The summed E-state index contributed by atoms with van der Waals surface area (Å²) in [6.07, 6.45) is 3.36. The second-order valence-electron chi connectivity index (χ2n) is 7.56. The summed E-state index contributed by atoms with van der Waals surface area (Å²) in [5, 5.41) is 6.98. The highest BCUT2D eigenvalue weighted by Crippen LogP contribution is 2.33. The number of rotatable bonds is 6. The van der Waals surface area contributed by atoms with Crippen molar-refractivity contribution in [2.45, 2.75) is 6.92 Å². The molecule has 2 aromatic carbocycles. The van der Waals surface area contributed by atoms with Gasteiger partial charge in [0.1, 0.15) is 5.75 Å². The Balaban J connectivity index is 1.36. The number of carbonyl (C=O) groups excluding carboxylic acids is 1. The van der Waals surface area contributed by atoms with Gasteiger partial charge in [0.2, 0.25) is 11.8 Å². The Labute approximate surface area is 200 Å². The molecule has 8 heteroatoms. The highest BCUT2D eigenvalue weighted by Gasteiger charge is 2.14. The Kier molecular flexibility index (Phi) is 5.88. The molecule has 0 spiro atoms. The van der Waals surface area contributed by atoms with Gasteiger partial charge in [-0.15, -0.1) is 11.3 Å². The summed E-state index contributed by atoms with van der Waals surface area (Å²) in [5.74, 6) is 1.46. The minimum absolute atomic E-state index is 0.134. The van der Waals surface area contributed by atoms with E-state index in [1.807, 2.05) is 73.7 Å². The molecule has 0 saturated heterocycles. The van der Waals surface area contributed by atoms with E-state index in [9.17, 15) is 4.79 Å². The van der Waals surface area contributed by atoms with Gasteiger partial charge in [0.05, 0.1) is 16.1 Å². The van der Waals surface area contributed by atoms with Crippen LogP contribution < -0.4 is 15.4 Å². The van der Waals surface area contributed by atoms with Gasteiger partial charge in [-0.05, 0) is 66.4 Å². The Morgan fingerprint density at radius 1 is 0.971 bits per heavy atom. The SMILES string of the molecule is CNc1nccc(-c2cccnc2Oc2ccc(NC(=O)c3cc4ccccc4s3)cc2C)n1. The number of benzene rings is 2. The summed E-state index contributed by atoms with van der Waals surface area (Å²) in [5.41, 5.74) is 3.02. The Morgan fingerprint density at radius 2 is 1.85 bits per heavy atom. The molecular formula is C26H21N5O2S. The molecule has 1 amide bonds. The Bertz CT molecular complexity index is 1460. The Morgan fingerprint density at radius 3 is 2.68 bits per heavy atom. The molecule has 0 aliphatic heterocycles. The first-order chi connectivity index (χ1) is 16.6. The van der Waals surface area contributed by atoms with Gasteiger partial charge in [-0.3, -0.25) is 4.79 Å². The molecule has 168 valence electrons. The molecule has 0 aliphatic carbocycles. The minimum atomic E-state index is -0.134. The average molecular weight is 468 g/mol. The number of pyridine rings is 1. The second kappa shape index (κ2) is 9.29. The van der Waals surface area contributed by atoms with Crippen LogP contribution in [0, 0.1) is 6.92 Å². The van der Waals surface area contributed by atoms with Crippen molar-refractivity contribution in [3.05, 3.63) is 89.6 Å². The average Bonchev–Trinajstić information content (AvgIpc) is 3.31. The third-order valence-electron chi connectivity index (χ3n) is 5.22. The lowest BCUT2D eigenvalue weighted by molar-refractivity contribution is 0.103. The minimum Gasteiger partial charge on any atom is -0.438 e.